The maximum absolute atomic E-state index is 9.23. The van der Waals surface area contributed by atoms with Gasteiger partial charge in [-0.3, -0.25) is 0 Å². The molecule has 15 heavy (non-hydrogen) atoms. The van der Waals surface area contributed by atoms with Gasteiger partial charge in [-0.1, -0.05) is 18.5 Å². The van der Waals surface area contributed by atoms with Crippen molar-refractivity contribution in [2.24, 2.45) is 5.92 Å². The fourth-order valence-corrected chi connectivity index (χ4v) is 3.15. The van der Waals surface area contributed by atoms with Gasteiger partial charge in [0.15, 0.2) is 0 Å². The molecule has 1 aromatic rings. The van der Waals surface area contributed by atoms with Crippen LogP contribution in [0.4, 0.5) is 0 Å². The zero-order valence-corrected chi connectivity index (χ0v) is 10.1. The highest BCUT2D eigenvalue weighted by Gasteiger charge is 2.45. The summed E-state index contributed by atoms with van der Waals surface area (Å²) >= 11 is 7.49. The van der Waals surface area contributed by atoms with Crippen molar-refractivity contribution in [2.75, 3.05) is 0 Å². The zero-order chi connectivity index (χ0) is 10.9. The number of thioether (sulfide) groups is 1. The monoisotopic (exact) mass is 237 g/mol. The fraction of sp³-hybridized carbons (Fsp3) is 0.417. The van der Waals surface area contributed by atoms with E-state index >= 15 is 0 Å². The van der Waals surface area contributed by atoms with Crippen LogP contribution in [0.15, 0.2) is 29.2 Å². The predicted octanol–water partition coefficient (Wildman–Crippen LogP) is 4.12. The molecule has 0 radical (unpaired) electrons. The number of nitrogens with zero attached hydrogens (tertiary/aromatic N) is 1. The van der Waals surface area contributed by atoms with Crippen molar-refractivity contribution in [2.45, 2.75) is 29.4 Å². The van der Waals surface area contributed by atoms with Gasteiger partial charge in [0.25, 0.3) is 0 Å². The van der Waals surface area contributed by atoms with Crippen molar-refractivity contribution in [1.82, 2.24) is 0 Å². The lowest BCUT2D eigenvalue weighted by molar-refractivity contribution is 0.297. The summed E-state index contributed by atoms with van der Waals surface area (Å²) in [7, 11) is 0. The fourth-order valence-electron chi connectivity index (χ4n) is 1.75. The van der Waals surface area contributed by atoms with E-state index in [9.17, 15) is 5.26 Å². The molecule has 0 N–H and O–H groups in total. The zero-order valence-electron chi connectivity index (χ0n) is 8.53. The molecule has 2 atom stereocenters. The van der Waals surface area contributed by atoms with Crippen molar-refractivity contribution in [3.63, 3.8) is 0 Å². The highest BCUT2D eigenvalue weighted by molar-refractivity contribution is 8.01. The third-order valence-electron chi connectivity index (χ3n) is 3.05. The minimum absolute atomic E-state index is 0.201. The second kappa shape index (κ2) is 4.08. The molecule has 0 heterocycles. The van der Waals surface area contributed by atoms with Crippen LogP contribution in [0.3, 0.4) is 0 Å². The van der Waals surface area contributed by atoms with E-state index in [1.807, 2.05) is 24.3 Å². The van der Waals surface area contributed by atoms with E-state index in [1.54, 1.807) is 11.8 Å². The van der Waals surface area contributed by atoms with Gasteiger partial charge in [-0.15, -0.1) is 11.8 Å². The van der Waals surface area contributed by atoms with Crippen LogP contribution in [-0.2, 0) is 0 Å². The van der Waals surface area contributed by atoms with Gasteiger partial charge in [0, 0.05) is 9.92 Å². The van der Waals surface area contributed by atoms with Crippen LogP contribution >= 0.6 is 23.4 Å². The first kappa shape index (κ1) is 10.9. The summed E-state index contributed by atoms with van der Waals surface area (Å²) in [5, 5.41) is 9.97. The van der Waals surface area contributed by atoms with Gasteiger partial charge in [-0.2, -0.15) is 5.26 Å². The summed E-state index contributed by atoms with van der Waals surface area (Å²) in [6, 6.07) is 10.2. The lowest BCUT2D eigenvalue weighted by atomic mass is 9.75. The molecular formula is C12H12ClNS. The van der Waals surface area contributed by atoms with E-state index in [1.165, 1.54) is 0 Å². The summed E-state index contributed by atoms with van der Waals surface area (Å²) in [6.07, 6.45) is 2.16. The summed E-state index contributed by atoms with van der Waals surface area (Å²) in [5.41, 5.74) is 0. The average molecular weight is 238 g/mol. The molecule has 0 spiro atoms. The van der Waals surface area contributed by atoms with E-state index < -0.39 is 0 Å². The molecule has 0 saturated heterocycles. The largest absolute Gasteiger partial charge is 0.197 e. The standard InChI is InChI=1S/C12H12ClNS/c1-9-6-7-12(9,8-14)15-11-4-2-10(13)3-5-11/h2-5,9H,6-7H2,1H3. The van der Waals surface area contributed by atoms with Crippen molar-refractivity contribution in [3.05, 3.63) is 29.3 Å². The van der Waals surface area contributed by atoms with Gasteiger partial charge >= 0.3 is 0 Å². The topological polar surface area (TPSA) is 23.8 Å². The van der Waals surface area contributed by atoms with E-state index in [-0.39, 0.29) is 4.75 Å². The number of hydrogen-bond acceptors (Lipinski definition) is 2. The lowest BCUT2D eigenvalue weighted by Crippen LogP contribution is -2.40. The Hall–Kier alpha value is -0.650. The minimum atomic E-state index is -0.201. The van der Waals surface area contributed by atoms with Crippen LogP contribution in [0.2, 0.25) is 5.02 Å². The van der Waals surface area contributed by atoms with Crippen molar-refractivity contribution < 1.29 is 0 Å². The Kier molecular flexibility index (Phi) is 2.95. The molecule has 1 saturated carbocycles. The Morgan fingerprint density at radius 3 is 2.53 bits per heavy atom. The number of nitriles is 1. The van der Waals surface area contributed by atoms with Crippen LogP contribution in [0, 0.1) is 17.2 Å². The van der Waals surface area contributed by atoms with Crippen LogP contribution in [-0.4, -0.2) is 4.75 Å². The molecular weight excluding hydrogens is 226 g/mol. The van der Waals surface area contributed by atoms with E-state index in [4.69, 9.17) is 11.6 Å². The molecule has 0 amide bonds. The lowest BCUT2D eigenvalue weighted by Gasteiger charge is -2.41. The smallest absolute Gasteiger partial charge is 0.110 e. The Morgan fingerprint density at radius 1 is 1.47 bits per heavy atom. The average Bonchev–Trinajstić information content (AvgIpc) is 2.26. The predicted molar refractivity (Wildman–Crippen MR) is 64.1 cm³/mol. The van der Waals surface area contributed by atoms with Crippen molar-refractivity contribution in [3.8, 4) is 6.07 Å². The number of benzene rings is 1. The maximum atomic E-state index is 9.23. The number of rotatable bonds is 2. The summed E-state index contributed by atoms with van der Waals surface area (Å²) in [6.45, 7) is 2.15. The van der Waals surface area contributed by atoms with E-state index in [0.29, 0.717) is 5.92 Å². The van der Waals surface area contributed by atoms with Crippen molar-refractivity contribution >= 4 is 23.4 Å². The molecule has 0 aromatic heterocycles. The highest BCUT2D eigenvalue weighted by atomic mass is 35.5. The molecule has 0 bridgehead atoms. The first-order chi connectivity index (χ1) is 7.16. The second-order valence-electron chi connectivity index (χ2n) is 4.00. The first-order valence-corrected chi connectivity index (χ1v) is 6.21. The molecule has 1 aromatic carbocycles. The molecule has 3 heteroatoms. The quantitative estimate of drug-likeness (QED) is 0.773. The minimum Gasteiger partial charge on any atom is -0.197 e. The van der Waals surface area contributed by atoms with Gasteiger partial charge in [-0.05, 0) is 43.0 Å². The number of halogens is 1. The normalized spacial score (nSPS) is 29.3. The molecule has 1 aliphatic rings. The van der Waals surface area contributed by atoms with Gasteiger partial charge in [0.05, 0.1) is 6.07 Å². The third-order valence-corrected chi connectivity index (χ3v) is 4.87. The molecule has 2 unspecified atom stereocenters. The van der Waals surface area contributed by atoms with Crippen LogP contribution in [0.1, 0.15) is 19.8 Å². The molecule has 0 aliphatic heterocycles. The summed E-state index contributed by atoms with van der Waals surface area (Å²) in [5.74, 6) is 0.489. The highest BCUT2D eigenvalue weighted by Crippen LogP contribution is 2.51. The Bertz CT molecular complexity index is 395. The molecule has 1 fully saturated rings. The van der Waals surface area contributed by atoms with Gasteiger partial charge in [0.1, 0.15) is 4.75 Å². The molecule has 2 rings (SSSR count). The molecule has 78 valence electrons. The summed E-state index contributed by atoms with van der Waals surface area (Å²) < 4.78 is -0.201. The van der Waals surface area contributed by atoms with Gasteiger partial charge < -0.3 is 0 Å². The molecule has 1 aliphatic carbocycles. The van der Waals surface area contributed by atoms with Gasteiger partial charge in [-0.25, -0.2) is 0 Å². The Balaban J connectivity index is 2.15. The second-order valence-corrected chi connectivity index (χ2v) is 5.84. The van der Waals surface area contributed by atoms with Gasteiger partial charge in [0.2, 0.25) is 0 Å². The first-order valence-electron chi connectivity index (χ1n) is 5.02. The Labute approximate surface area is 99.4 Å². The van der Waals surface area contributed by atoms with E-state index in [0.717, 1.165) is 22.8 Å². The van der Waals surface area contributed by atoms with Crippen LogP contribution < -0.4 is 0 Å². The molecule has 1 nitrogen and oxygen atoms in total. The summed E-state index contributed by atoms with van der Waals surface area (Å²) in [4.78, 5) is 1.13. The van der Waals surface area contributed by atoms with Crippen LogP contribution in [0.5, 0.6) is 0 Å². The SMILES string of the molecule is CC1CCC1(C#N)Sc1ccc(Cl)cc1. The third kappa shape index (κ3) is 2.00. The number of hydrogen-bond donors (Lipinski definition) is 0. The van der Waals surface area contributed by atoms with Crippen molar-refractivity contribution in [1.29, 1.82) is 5.26 Å². The Morgan fingerprint density at radius 2 is 2.13 bits per heavy atom. The van der Waals surface area contributed by atoms with E-state index in [2.05, 4.69) is 13.0 Å². The maximum Gasteiger partial charge on any atom is 0.110 e. The van der Waals surface area contributed by atoms with Crippen LogP contribution in [0.25, 0.3) is 0 Å².